The molecule has 1 saturated heterocycles. The van der Waals surface area contributed by atoms with Gasteiger partial charge in [0, 0.05) is 13.1 Å². The Morgan fingerprint density at radius 3 is 2.27 bits per heavy atom. The van der Waals surface area contributed by atoms with Crippen molar-refractivity contribution >= 4 is 12.6 Å². The average molecular weight is 171 g/mol. The van der Waals surface area contributed by atoms with Crippen molar-refractivity contribution in [2.75, 3.05) is 25.4 Å². The number of nitrogens with zero attached hydrogens (tertiary/aromatic N) is 1. The number of likely N-dealkylation sites (tertiary alicyclic amines) is 1. The molecule has 0 aromatic rings. The Morgan fingerprint density at radius 1 is 1.18 bits per heavy atom. The fraction of sp³-hybridized carbons (Fsp3) is 1.00. The van der Waals surface area contributed by atoms with Gasteiger partial charge in [-0.2, -0.15) is 12.6 Å². The molecule has 2 rings (SSSR count). The molecule has 2 heteroatoms. The summed E-state index contributed by atoms with van der Waals surface area (Å²) in [6.07, 6.45) is 4.27. The predicted molar refractivity (Wildman–Crippen MR) is 51.1 cm³/mol. The molecule has 1 nitrogen and oxygen atoms in total. The van der Waals surface area contributed by atoms with Crippen LogP contribution in [-0.2, 0) is 0 Å². The molecule has 2 unspecified atom stereocenters. The lowest BCUT2D eigenvalue weighted by atomic mass is 9.77. The summed E-state index contributed by atoms with van der Waals surface area (Å²) in [4.78, 5) is 2.62. The van der Waals surface area contributed by atoms with E-state index in [1.807, 2.05) is 0 Å². The third-order valence-corrected chi connectivity index (χ3v) is 3.51. The van der Waals surface area contributed by atoms with Crippen molar-refractivity contribution in [2.45, 2.75) is 19.3 Å². The van der Waals surface area contributed by atoms with Crippen LogP contribution in [0.1, 0.15) is 19.3 Å². The van der Waals surface area contributed by atoms with Gasteiger partial charge in [-0.25, -0.2) is 0 Å². The van der Waals surface area contributed by atoms with E-state index < -0.39 is 0 Å². The first kappa shape index (κ1) is 7.93. The van der Waals surface area contributed by atoms with Crippen LogP contribution < -0.4 is 0 Å². The smallest absolute Gasteiger partial charge is 0.00129 e. The van der Waals surface area contributed by atoms with E-state index in [0.717, 1.165) is 17.6 Å². The molecule has 1 saturated carbocycles. The van der Waals surface area contributed by atoms with Crippen molar-refractivity contribution in [3.63, 3.8) is 0 Å². The summed E-state index contributed by atoms with van der Waals surface area (Å²) in [5.41, 5.74) is 0. The number of thiol groups is 1. The molecule has 1 aliphatic heterocycles. The first-order valence-electron chi connectivity index (χ1n) is 4.73. The van der Waals surface area contributed by atoms with E-state index in [1.165, 1.54) is 38.9 Å². The maximum absolute atomic E-state index is 4.23. The molecule has 0 aromatic carbocycles. The summed E-state index contributed by atoms with van der Waals surface area (Å²) in [5, 5.41) is 0. The van der Waals surface area contributed by atoms with Crippen LogP contribution in [0, 0.1) is 11.8 Å². The molecular weight excluding hydrogens is 154 g/mol. The molecule has 2 atom stereocenters. The second-order valence-corrected chi connectivity index (χ2v) is 4.38. The maximum Gasteiger partial charge on any atom is 0.00129 e. The molecular formula is C9H17NS. The van der Waals surface area contributed by atoms with Crippen LogP contribution in [0.4, 0.5) is 0 Å². The van der Waals surface area contributed by atoms with Gasteiger partial charge in [0.25, 0.3) is 0 Å². The van der Waals surface area contributed by atoms with Crippen LogP contribution in [0.5, 0.6) is 0 Å². The highest BCUT2D eigenvalue weighted by atomic mass is 32.1. The van der Waals surface area contributed by atoms with Gasteiger partial charge in [0.15, 0.2) is 0 Å². The SMILES string of the molecule is SCCCN1CC2CCC2C1. The Labute approximate surface area is 74.6 Å². The lowest BCUT2D eigenvalue weighted by Crippen LogP contribution is -2.22. The summed E-state index contributed by atoms with van der Waals surface area (Å²) < 4.78 is 0. The van der Waals surface area contributed by atoms with Crippen molar-refractivity contribution in [3.8, 4) is 0 Å². The molecule has 2 fully saturated rings. The van der Waals surface area contributed by atoms with Crippen LogP contribution in [0.2, 0.25) is 0 Å². The molecule has 0 spiro atoms. The highest BCUT2D eigenvalue weighted by Gasteiger charge is 2.38. The normalized spacial score (nSPS) is 36.8. The van der Waals surface area contributed by atoms with Gasteiger partial charge in [0.2, 0.25) is 0 Å². The van der Waals surface area contributed by atoms with E-state index in [2.05, 4.69) is 17.5 Å². The number of fused-ring (bicyclic) bond motifs is 1. The minimum atomic E-state index is 1.05. The minimum Gasteiger partial charge on any atom is -0.303 e. The summed E-state index contributed by atoms with van der Waals surface area (Å²) in [6, 6.07) is 0. The Balaban J connectivity index is 1.71. The number of rotatable bonds is 3. The third-order valence-electron chi connectivity index (χ3n) is 3.19. The first-order valence-corrected chi connectivity index (χ1v) is 5.36. The highest BCUT2D eigenvalue weighted by Crippen LogP contribution is 2.40. The van der Waals surface area contributed by atoms with E-state index in [1.54, 1.807) is 0 Å². The lowest BCUT2D eigenvalue weighted by molar-refractivity contribution is 0.243. The Hall–Kier alpha value is 0.310. The molecule has 64 valence electrons. The fourth-order valence-electron chi connectivity index (χ4n) is 2.33. The highest BCUT2D eigenvalue weighted by molar-refractivity contribution is 7.80. The fourth-order valence-corrected chi connectivity index (χ4v) is 2.47. The second-order valence-electron chi connectivity index (χ2n) is 3.93. The molecule has 1 aliphatic carbocycles. The summed E-state index contributed by atoms with van der Waals surface area (Å²) in [5.74, 6) is 3.20. The molecule has 0 radical (unpaired) electrons. The van der Waals surface area contributed by atoms with Crippen LogP contribution in [0.15, 0.2) is 0 Å². The monoisotopic (exact) mass is 171 g/mol. The molecule has 0 bridgehead atoms. The largest absolute Gasteiger partial charge is 0.303 e. The Bertz CT molecular complexity index is 126. The standard InChI is InChI=1S/C9H17NS/c11-5-1-4-10-6-8-2-3-9(8)7-10/h8-9,11H,1-7H2. The van der Waals surface area contributed by atoms with Gasteiger partial charge in [0.05, 0.1) is 0 Å². The minimum absolute atomic E-state index is 1.05. The third kappa shape index (κ3) is 1.57. The van der Waals surface area contributed by atoms with E-state index in [4.69, 9.17) is 0 Å². The van der Waals surface area contributed by atoms with Gasteiger partial charge >= 0.3 is 0 Å². The zero-order valence-corrected chi connectivity index (χ0v) is 7.89. The van der Waals surface area contributed by atoms with Crippen LogP contribution in [-0.4, -0.2) is 30.3 Å². The van der Waals surface area contributed by atoms with Crippen LogP contribution >= 0.6 is 12.6 Å². The lowest BCUT2D eigenvalue weighted by Gasteiger charge is -2.28. The van der Waals surface area contributed by atoms with Gasteiger partial charge < -0.3 is 4.90 Å². The van der Waals surface area contributed by atoms with Crippen molar-refractivity contribution in [1.29, 1.82) is 0 Å². The first-order chi connectivity index (χ1) is 5.40. The maximum atomic E-state index is 4.23. The van der Waals surface area contributed by atoms with Crippen molar-refractivity contribution in [1.82, 2.24) is 4.90 Å². The average Bonchev–Trinajstić information content (AvgIpc) is 2.25. The molecule has 0 amide bonds. The topological polar surface area (TPSA) is 3.24 Å². The van der Waals surface area contributed by atoms with Crippen molar-refractivity contribution in [2.24, 2.45) is 11.8 Å². The molecule has 2 aliphatic rings. The second kappa shape index (κ2) is 3.36. The van der Waals surface area contributed by atoms with Gasteiger partial charge in [-0.05, 0) is 43.4 Å². The zero-order chi connectivity index (χ0) is 7.68. The molecule has 1 heterocycles. The van der Waals surface area contributed by atoms with Crippen molar-refractivity contribution < 1.29 is 0 Å². The zero-order valence-electron chi connectivity index (χ0n) is 7.00. The van der Waals surface area contributed by atoms with E-state index in [-0.39, 0.29) is 0 Å². The van der Waals surface area contributed by atoms with E-state index in [0.29, 0.717) is 0 Å². The van der Waals surface area contributed by atoms with Gasteiger partial charge in [-0.15, -0.1) is 0 Å². The van der Waals surface area contributed by atoms with Gasteiger partial charge in [-0.3, -0.25) is 0 Å². The van der Waals surface area contributed by atoms with Crippen molar-refractivity contribution in [3.05, 3.63) is 0 Å². The van der Waals surface area contributed by atoms with Gasteiger partial charge in [-0.1, -0.05) is 0 Å². The summed E-state index contributed by atoms with van der Waals surface area (Å²) in [7, 11) is 0. The Kier molecular flexibility index (Phi) is 2.42. The quantitative estimate of drug-likeness (QED) is 0.632. The van der Waals surface area contributed by atoms with Gasteiger partial charge in [0.1, 0.15) is 0 Å². The number of hydrogen-bond acceptors (Lipinski definition) is 2. The van der Waals surface area contributed by atoms with E-state index >= 15 is 0 Å². The Morgan fingerprint density at radius 2 is 1.82 bits per heavy atom. The van der Waals surface area contributed by atoms with Crippen LogP contribution in [0.25, 0.3) is 0 Å². The molecule has 0 N–H and O–H groups in total. The predicted octanol–water partition coefficient (Wildman–Crippen LogP) is 1.65. The summed E-state index contributed by atoms with van der Waals surface area (Å²) >= 11 is 4.23. The summed E-state index contributed by atoms with van der Waals surface area (Å²) in [6.45, 7) is 4.06. The molecule has 11 heavy (non-hydrogen) atoms. The molecule has 0 aromatic heterocycles. The number of hydrogen-bond donors (Lipinski definition) is 1. The van der Waals surface area contributed by atoms with Crippen LogP contribution in [0.3, 0.4) is 0 Å². The van der Waals surface area contributed by atoms with E-state index in [9.17, 15) is 0 Å².